The molecule has 1 atom stereocenters. The molecule has 1 aromatic rings. The van der Waals surface area contributed by atoms with Crippen molar-refractivity contribution < 1.29 is 23.9 Å². The van der Waals surface area contributed by atoms with Crippen molar-refractivity contribution in [3.05, 3.63) is 24.3 Å². The third-order valence-corrected chi connectivity index (χ3v) is 5.29. The van der Waals surface area contributed by atoms with Crippen LogP contribution in [-0.4, -0.2) is 61.6 Å². The normalized spacial score (nSPS) is 16.3. The molecule has 8 nitrogen and oxygen atoms in total. The molecule has 32 heavy (non-hydrogen) atoms. The second-order valence-corrected chi connectivity index (χ2v) is 8.04. The minimum Gasteiger partial charge on any atom is -0.494 e. The van der Waals surface area contributed by atoms with Crippen LogP contribution in [0.1, 0.15) is 58.8 Å². The summed E-state index contributed by atoms with van der Waals surface area (Å²) in [5, 5.41) is 5.62. The Morgan fingerprint density at radius 2 is 1.94 bits per heavy atom. The van der Waals surface area contributed by atoms with Crippen LogP contribution in [0, 0.1) is 0 Å². The number of hydrogen-bond acceptors (Lipinski definition) is 6. The van der Waals surface area contributed by atoms with Crippen LogP contribution in [0.15, 0.2) is 24.3 Å². The van der Waals surface area contributed by atoms with Gasteiger partial charge in [0.1, 0.15) is 11.8 Å². The van der Waals surface area contributed by atoms with E-state index < -0.39 is 12.0 Å². The van der Waals surface area contributed by atoms with Crippen LogP contribution in [0.5, 0.6) is 5.75 Å². The standard InChI is InChI=1S/C24H37N3O5/c1-3-5-7-8-15-31-20-11-9-10-19(16-20)26-22(28)18-27-13-12-25-24(30)21(27)17-23(29)32-14-6-4-2/h9-11,16,21H,3-8,12-15,17-18H2,1-2H3,(H,25,30)(H,26,28). The lowest BCUT2D eigenvalue weighted by atomic mass is 10.1. The molecule has 1 saturated heterocycles. The maximum atomic E-state index is 12.6. The number of benzene rings is 1. The first-order chi connectivity index (χ1) is 15.5. The number of carbonyl (C=O) groups excluding carboxylic acids is 3. The summed E-state index contributed by atoms with van der Waals surface area (Å²) in [6, 6.07) is 6.59. The van der Waals surface area contributed by atoms with Crippen molar-refractivity contribution in [3.63, 3.8) is 0 Å². The molecule has 0 aliphatic carbocycles. The van der Waals surface area contributed by atoms with Gasteiger partial charge in [0.25, 0.3) is 0 Å². The van der Waals surface area contributed by atoms with Crippen LogP contribution in [0.4, 0.5) is 5.69 Å². The van der Waals surface area contributed by atoms with E-state index in [1.54, 1.807) is 17.0 Å². The number of nitrogens with zero attached hydrogens (tertiary/aromatic N) is 1. The van der Waals surface area contributed by atoms with Gasteiger partial charge >= 0.3 is 5.97 Å². The summed E-state index contributed by atoms with van der Waals surface area (Å²) in [5.74, 6) is -0.210. The molecule has 2 N–H and O–H groups in total. The number of unbranched alkanes of at least 4 members (excludes halogenated alkanes) is 4. The quantitative estimate of drug-likeness (QED) is 0.336. The number of amides is 2. The third kappa shape index (κ3) is 9.26. The molecule has 0 saturated carbocycles. The van der Waals surface area contributed by atoms with Gasteiger partial charge in [-0.15, -0.1) is 0 Å². The zero-order chi connectivity index (χ0) is 23.2. The first kappa shape index (κ1) is 25.6. The topological polar surface area (TPSA) is 97.0 Å². The van der Waals surface area contributed by atoms with Crippen LogP contribution in [0.25, 0.3) is 0 Å². The van der Waals surface area contributed by atoms with Crippen molar-refractivity contribution >= 4 is 23.5 Å². The van der Waals surface area contributed by atoms with Gasteiger partial charge in [-0.25, -0.2) is 0 Å². The first-order valence-electron chi connectivity index (χ1n) is 11.7. The van der Waals surface area contributed by atoms with Crippen LogP contribution in [0.3, 0.4) is 0 Å². The molecule has 1 fully saturated rings. The molecule has 8 heteroatoms. The zero-order valence-electron chi connectivity index (χ0n) is 19.4. The molecule has 1 aromatic carbocycles. The van der Waals surface area contributed by atoms with E-state index >= 15 is 0 Å². The number of rotatable bonds is 14. The average Bonchev–Trinajstić information content (AvgIpc) is 2.76. The number of esters is 1. The van der Waals surface area contributed by atoms with Crippen molar-refractivity contribution in [1.29, 1.82) is 0 Å². The van der Waals surface area contributed by atoms with Crippen LogP contribution in [-0.2, 0) is 19.1 Å². The first-order valence-corrected chi connectivity index (χ1v) is 11.7. The van der Waals surface area contributed by atoms with Crippen molar-refractivity contribution in [2.45, 2.75) is 64.8 Å². The molecule has 178 valence electrons. The fraction of sp³-hybridized carbons (Fsp3) is 0.625. The third-order valence-electron chi connectivity index (χ3n) is 5.29. The maximum Gasteiger partial charge on any atom is 0.307 e. The van der Waals surface area contributed by atoms with Crippen molar-refractivity contribution in [2.75, 3.05) is 38.2 Å². The number of nitrogens with one attached hydrogen (secondary N) is 2. The van der Waals surface area contributed by atoms with E-state index in [-0.39, 0.29) is 24.8 Å². The van der Waals surface area contributed by atoms with Crippen LogP contribution < -0.4 is 15.4 Å². The summed E-state index contributed by atoms with van der Waals surface area (Å²) in [6.07, 6.45) is 6.18. The van der Waals surface area contributed by atoms with Gasteiger partial charge in [-0.05, 0) is 25.0 Å². The average molecular weight is 448 g/mol. The highest BCUT2D eigenvalue weighted by atomic mass is 16.5. The smallest absolute Gasteiger partial charge is 0.307 e. The summed E-state index contributed by atoms with van der Waals surface area (Å²) >= 11 is 0. The fourth-order valence-electron chi connectivity index (χ4n) is 3.49. The van der Waals surface area contributed by atoms with Crippen molar-refractivity contribution in [1.82, 2.24) is 10.2 Å². The fourth-order valence-corrected chi connectivity index (χ4v) is 3.49. The van der Waals surface area contributed by atoms with Crippen LogP contribution >= 0.6 is 0 Å². The number of anilines is 1. The highest BCUT2D eigenvalue weighted by Crippen LogP contribution is 2.18. The molecule has 0 radical (unpaired) electrons. The summed E-state index contributed by atoms with van der Waals surface area (Å²) in [7, 11) is 0. The van der Waals surface area contributed by atoms with E-state index in [2.05, 4.69) is 17.6 Å². The summed E-state index contributed by atoms with van der Waals surface area (Å²) < 4.78 is 11.0. The van der Waals surface area contributed by atoms with Gasteiger partial charge in [0.15, 0.2) is 0 Å². The highest BCUT2D eigenvalue weighted by Gasteiger charge is 2.33. The lowest BCUT2D eigenvalue weighted by Crippen LogP contribution is -2.57. The molecular weight excluding hydrogens is 410 g/mol. The molecule has 1 heterocycles. The predicted octanol–water partition coefficient (Wildman–Crippen LogP) is 3.12. The van der Waals surface area contributed by atoms with Gasteiger partial charge in [-0.2, -0.15) is 0 Å². The van der Waals surface area contributed by atoms with E-state index in [9.17, 15) is 14.4 Å². The van der Waals surface area contributed by atoms with E-state index in [0.717, 1.165) is 25.7 Å². The monoisotopic (exact) mass is 447 g/mol. The Morgan fingerprint density at radius 3 is 2.72 bits per heavy atom. The van der Waals surface area contributed by atoms with Gasteiger partial charge in [0, 0.05) is 24.8 Å². The van der Waals surface area contributed by atoms with Gasteiger partial charge in [-0.3, -0.25) is 19.3 Å². The largest absolute Gasteiger partial charge is 0.494 e. The van der Waals surface area contributed by atoms with E-state index in [4.69, 9.17) is 9.47 Å². The molecule has 2 amide bonds. The number of hydrogen-bond donors (Lipinski definition) is 2. The summed E-state index contributed by atoms with van der Waals surface area (Å²) in [6.45, 7) is 6.13. The lowest BCUT2D eigenvalue weighted by molar-refractivity contribution is -0.149. The van der Waals surface area contributed by atoms with Crippen molar-refractivity contribution in [3.8, 4) is 5.75 Å². The molecule has 1 aliphatic rings. The Bertz CT molecular complexity index is 740. The highest BCUT2D eigenvalue weighted by molar-refractivity contribution is 5.93. The lowest BCUT2D eigenvalue weighted by Gasteiger charge is -2.33. The number of carbonyl (C=O) groups is 3. The second kappa shape index (κ2) is 14.5. The summed E-state index contributed by atoms with van der Waals surface area (Å²) in [5.41, 5.74) is 0.637. The maximum absolute atomic E-state index is 12.6. The molecule has 2 rings (SSSR count). The molecule has 0 spiro atoms. The Labute approximate surface area is 191 Å². The second-order valence-electron chi connectivity index (χ2n) is 8.04. The zero-order valence-corrected chi connectivity index (χ0v) is 19.4. The molecular formula is C24H37N3O5. The molecule has 1 aliphatic heterocycles. The SMILES string of the molecule is CCCCCCOc1cccc(NC(=O)CN2CCNC(=O)C2CC(=O)OCCCC)c1. The Morgan fingerprint density at radius 1 is 1.12 bits per heavy atom. The molecule has 0 bridgehead atoms. The minimum absolute atomic E-state index is 0.0163. The Balaban J connectivity index is 1.86. The summed E-state index contributed by atoms with van der Waals surface area (Å²) in [4.78, 5) is 38.8. The predicted molar refractivity (Wildman–Crippen MR) is 124 cm³/mol. The van der Waals surface area contributed by atoms with Gasteiger partial charge in [0.05, 0.1) is 26.2 Å². The minimum atomic E-state index is -0.707. The molecule has 1 unspecified atom stereocenters. The number of piperazine rings is 1. The number of ether oxygens (including phenoxy) is 2. The van der Waals surface area contributed by atoms with Gasteiger partial charge in [0.2, 0.25) is 11.8 Å². The van der Waals surface area contributed by atoms with E-state index in [0.29, 0.717) is 37.7 Å². The Hall–Kier alpha value is -2.61. The van der Waals surface area contributed by atoms with Gasteiger partial charge in [-0.1, -0.05) is 45.6 Å². The Kier molecular flexibility index (Phi) is 11.6. The molecule has 0 aromatic heterocycles. The van der Waals surface area contributed by atoms with Crippen LogP contribution in [0.2, 0.25) is 0 Å². The van der Waals surface area contributed by atoms with Crippen molar-refractivity contribution in [2.24, 2.45) is 0 Å². The van der Waals surface area contributed by atoms with Gasteiger partial charge < -0.3 is 20.1 Å². The van der Waals surface area contributed by atoms with E-state index in [1.807, 2.05) is 19.1 Å². The van der Waals surface area contributed by atoms with E-state index in [1.165, 1.54) is 12.8 Å².